The molecule has 0 spiro atoms. The van der Waals surface area contributed by atoms with E-state index in [2.05, 4.69) is 11.4 Å². The van der Waals surface area contributed by atoms with Gasteiger partial charge in [-0.15, -0.1) is 0 Å². The molecule has 0 bridgehead atoms. The third-order valence-corrected chi connectivity index (χ3v) is 1.81. The summed E-state index contributed by atoms with van der Waals surface area (Å²) in [7, 11) is 0. The predicted octanol–water partition coefficient (Wildman–Crippen LogP) is 2.54. The number of oxazole rings is 1. The largest absolute Gasteiger partial charge is 0.475 e. The lowest BCUT2D eigenvalue weighted by molar-refractivity contribution is 0.328. The van der Waals surface area contributed by atoms with Crippen LogP contribution in [0.3, 0.4) is 0 Å². The summed E-state index contributed by atoms with van der Waals surface area (Å²) in [6.07, 6.45) is 2.43. The third-order valence-electron chi connectivity index (χ3n) is 1.81. The molecule has 14 heavy (non-hydrogen) atoms. The molecular formula is C11H10NO2. The van der Waals surface area contributed by atoms with E-state index < -0.39 is 0 Å². The van der Waals surface area contributed by atoms with Crippen molar-refractivity contribution in [2.24, 2.45) is 0 Å². The topological polar surface area (TPSA) is 35.3 Å². The summed E-state index contributed by atoms with van der Waals surface area (Å²) >= 11 is 0. The van der Waals surface area contributed by atoms with Crippen LogP contribution in [0.1, 0.15) is 6.92 Å². The van der Waals surface area contributed by atoms with Crippen molar-refractivity contribution in [2.45, 2.75) is 6.92 Å². The molecule has 71 valence electrons. The van der Waals surface area contributed by atoms with Crippen LogP contribution in [0.2, 0.25) is 0 Å². The highest BCUT2D eigenvalue weighted by Gasteiger charge is 2.10. The Hall–Kier alpha value is -1.77. The first kappa shape index (κ1) is 8.81. The van der Waals surface area contributed by atoms with Gasteiger partial charge in [-0.2, -0.15) is 4.98 Å². The Balaban J connectivity index is 2.37. The zero-order chi connectivity index (χ0) is 9.80. The molecule has 3 nitrogen and oxygen atoms in total. The Morgan fingerprint density at radius 3 is 2.86 bits per heavy atom. The standard InChI is InChI=1S/C11H10NO2/c1-2-13-11-10(14-8-12-11)9-6-4-3-5-7-9/h3-7H,2H2,1H3. The number of rotatable bonds is 3. The Labute approximate surface area is 82.3 Å². The molecule has 0 aliphatic heterocycles. The fraction of sp³-hybridized carbons (Fsp3) is 0.182. The van der Waals surface area contributed by atoms with Gasteiger partial charge in [-0.1, -0.05) is 30.3 Å². The maximum Gasteiger partial charge on any atom is 0.287 e. The molecule has 2 aromatic rings. The van der Waals surface area contributed by atoms with Crippen molar-refractivity contribution >= 4 is 0 Å². The quantitative estimate of drug-likeness (QED) is 0.742. The Morgan fingerprint density at radius 2 is 2.14 bits per heavy atom. The monoisotopic (exact) mass is 188 g/mol. The van der Waals surface area contributed by atoms with Crippen LogP contribution in [0.25, 0.3) is 11.3 Å². The summed E-state index contributed by atoms with van der Waals surface area (Å²) < 4.78 is 10.4. The summed E-state index contributed by atoms with van der Waals surface area (Å²) in [6.45, 7) is 2.48. The van der Waals surface area contributed by atoms with E-state index in [1.807, 2.05) is 37.3 Å². The van der Waals surface area contributed by atoms with E-state index in [1.165, 1.54) is 0 Å². The number of hydrogen-bond acceptors (Lipinski definition) is 3. The fourth-order valence-corrected chi connectivity index (χ4v) is 1.21. The van der Waals surface area contributed by atoms with Crippen molar-refractivity contribution in [3.8, 4) is 17.2 Å². The normalized spacial score (nSPS) is 10.1. The van der Waals surface area contributed by atoms with Crippen LogP contribution in [-0.2, 0) is 0 Å². The average Bonchev–Trinajstić information content (AvgIpc) is 2.68. The van der Waals surface area contributed by atoms with Gasteiger partial charge < -0.3 is 9.15 Å². The zero-order valence-corrected chi connectivity index (χ0v) is 7.86. The van der Waals surface area contributed by atoms with Gasteiger partial charge in [0.1, 0.15) is 0 Å². The Kier molecular flexibility index (Phi) is 2.49. The minimum atomic E-state index is 0.499. The van der Waals surface area contributed by atoms with Crippen LogP contribution < -0.4 is 4.74 Å². The van der Waals surface area contributed by atoms with Crippen molar-refractivity contribution < 1.29 is 9.15 Å². The van der Waals surface area contributed by atoms with Gasteiger partial charge >= 0.3 is 0 Å². The van der Waals surface area contributed by atoms with Crippen molar-refractivity contribution in [2.75, 3.05) is 6.61 Å². The SMILES string of the molecule is CCOc1n[c]oc1-c1ccccc1. The second-order valence-electron chi connectivity index (χ2n) is 2.74. The first-order valence-electron chi connectivity index (χ1n) is 4.47. The summed E-state index contributed by atoms with van der Waals surface area (Å²) in [5, 5.41) is 0. The fourth-order valence-electron chi connectivity index (χ4n) is 1.21. The van der Waals surface area contributed by atoms with Crippen molar-refractivity contribution in [1.82, 2.24) is 4.98 Å². The minimum absolute atomic E-state index is 0.499. The summed E-state index contributed by atoms with van der Waals surface area (Å²) in [5.74, 6) is 1.13. The third kappa shape index (κ3) is 1.62. The number of ether oxygens (including phenoxy) is 1. The van der Waals surface area contributed by atoms with Crippen molar-refractivity contribution in [3.63, 3.8) is 0 Å². The molecule has 0 atom stereocenters. The van der Waals surface area contributed by atoms with Crippen LogP contribution in [-0.4, -0.2) is 11.6 Å². The summed E-state index contributed by atoms with van der Waals surface area (Å²) in [5.41, 5.74) is 0.949. The second kappa shape index (κ2) is 3.96. The van der Waals surface area contributed by atoms with Gasteiger partial charge in [0.25, 0.3) is 12.3 Å². The predicted molar refractivity (Wildman–Crippen MR) is 51.9 cm³/mol. The van der Waals surface area contributed by atoms with E-state index in [-0.39, 0.29) is 0 Å². The average molecular weight is 188 g/mol. The van der Waals surface area contributed by atoms with Crippen LogP contribution >= 0.6 is 0 Å². The highest BCUT2D eigenvalue weighted by atomic mass is 16.5. The summed E-state index contributed by atoms with van der Waals surface area (Å²) in [6, 6.07) is 9.71. The minimum Gasteiger partial charge on any atom is -0.475 e. The van der Waals surface area contributed by atoms with Crippen LogP contribution in [0.15, 0.2) is 34.7 Å². The highest BCUT2D eigenvalue weighted by molar-refractivity contribution is 5.61. The van der Waals surface area contributed by atoms with E-state index in [0.717, 1.165) is 5.56 Å². The zero-order valence-electron chi connectivity index (χ0n) is 7.86. The Morgan fingerprint density at radius 1 is 1.36 bits per heavy atom. The number of aromatic nitrogens is 1. The molecule has 0 aliphatic carbocycles. The molecule has 0 fully saturated rings. The van der Waals surface area contributed by atoms with E-state index in [0.29, 0.717) is 18.2 Å². The van der Waals surface area contributed by atoms with Gasteiger partial charge in [0.2, 0.25) is 0 Å². The number of benzene rings is 1. The molecule has 1 aromatic carbocycles. The molecule has 0 amide bonds. The number of hydrogen-bond donors (Lipinski definition) is 0. The van der Waals surface area contributed by atoms with Gasteiger partial charge in [-0.25, -0.2) is 0 Å². The molecular weight excluding hydrogens is 178 g/mol. The first-order chi connectivity index (χ1) is 6.92. The van der Waals surface area contributed by atoms with Crippen LogP contribution in [0.5, 0.6) is 5.88 Å². The van der Waals surface area contributed by atoms with Crippen LogP contribution in [0.4, 0.5) is 0 Å². The molecule has 0 saturated heterocycles. The molecule has 2 rings (SSSR count). The van der Waals surface area contributed by atoms with Gasteiger partial charge in [0.05, 0.1) is 6.61 Å². The van der Waals surface area contributed by atoms with Gasteiger partial charge in [-0.05, 0) is 6.92 Å². The Bertz CT molecular complexity index is 395. The maximum atomic E-state index is 5.30. The van der Waals surface area contributed by atoms with Crippen molar-refractivity contribution in [3.05, 3.63) is 36.7 Å². The van der Waals surface area contributed by atoms with E-state index >= 15 is 0 Å². The lowest BCUT2D eigenvalue weighted by atomic mass is 10.2. The smallest absolute Gasteiger partial charge is 0.287 e. The van der Waals surface area contributed by atoms with E-state index in [9.17, 15) is 0 Å². The molecule has 0 N–H and O–H groups in total. The van der Waals surface area contributed by atoms with E-state index in [1.54, 1.807) is 0 Å². The molecule has 3 heteroatoms. The highest BCUT2D eigenvalue weighted by Crippen LogP contribution is 2.27. The summed E-state index contributed by atoms with van der Waals surface area (Å²) in [4.78, 5) is 3.87. The maximum absolute atomic E-state index is 5.30. The molecule has 1 heterocycles. The molecule has 0 unspecified atom stereocenters. The molecule has 1 aromatic heterocycles. The van der Waals surface area contributed by atoms with E-state index in [4.69, 9.17) is 9.15 Å². The lowest BCUT2D eigenvalue weighted by Gasteiger charge is -2.00. The van der Waals surface area contributed by atoms with Gasteiger partial charge in [-0.3, -0.25) is 0 Å². The molecule has 0 saturated carbocycles. The number of nitrogens with zero attached hydrogens (tertiary/aromatic N) is 1. The first-order valence-corrected chi connectivity index (χ1v) is 4.47. The molecule has 1 radical (unpaired) electrons. The van der Waals surface area contributed by atoms with Gasteiger partial charge in [0.15, 0.2) is 5.76 Å². The lowest BCUT2D eigenvalue weighted by Crippen LogP contribution is -1.92. The van der Waals surface area contributed by atoms with Gasteiger partial charge in [0, 0.05) is 5.56 Å². The van der Waals surface area contributed by atoms with Crippen LogP contribution in [0, 0.1) is 6.39 Å². The second-order valence-corrected chi connectivity index (χ2v) is 2.74. The van der Waals surface area contributed by atoms with Crippen molar-refractivity contribution in [1.29, 1.82) is 0 Å². The molecule has 0 aliphatic rings.